The lowest BCUT2D eigenvalue weighted by atomic mass is 9.80. The average molecular weight is 423 g/mol. The van der Waals surface area contributed by atoms with Crippen LogP contribution in [0.2, 0.25) is 0 Å². The molecule has 6 nitrogen and oxygen atoms in total. The molecule has 0 amide bonds. The molecular weight excluding hydrogens is 380 g/mol. The van der Waals surface area contributed by atoms with Crippen molar-refractivity contribution in [3.63, 3.8) is 0 Å². The van der Waals surface area contributed by atoms with Gasteiger partial charge in [0.1, 0.15) is 11.2 Å². The van der Waals surface area contributed by atoms with E-state index in [4.69, 9.17) is 9.47 Å². The van der Waals surface area contributed by atoms with Gasteiger partial charge in [0.15, 0.2) is 0 Å². The van der Waals surface area contributed by atoms with E-state index < -0.39 is 11.2 Å². The van der Waals surface area contributed by atoms with E-state index in [-0.39, 0.29) is 23.8 Å². The summed E-state index contributed by atoms with van der Waals surface area (Å²) in [5.41, 5.74) is -0.846. The van der Waals surface area contributed by atoms with E-state index >= 15 is 0 Å². The van der Waals surface area contributed by atoms with Crippen LogP contribution in [0.1, 0.15) is 79.1 Å². The Morgan fingerprint density at radius 3 is 1.20 bits per heavy atom. The molecule has 0 spiro atoms. The van der Waals surface area contributed by atoms with Crippen LogP contribution in [-0.4, -0.2) is 49.3 Å². The molecule has 2 heterocycles. The summed E-state index contributed by atoms with van der Waals surface area (Å²) in [7, 11) is 0. The zero-order valence-corrected chi connectivity index (χ0v) is 19.4. The lowest BCUT2D eigenvalue weighted by Crippen LogP contribution is -2.45. The third-order valence-electron chi connectivity index (χ3n) is 7.77. The molecule has 0 bridgehead atoms. The Morgan fingerprint density at radius 1 is 0.600 bits per heavy atom. The largest absolute Gasteiger partial charge is 0.459 e. The molecule has 172 valence electrons. The van der Waals surface area contributed by atoms with Gasteiger partial charge in [-0.05, 0) is 105 Å². The highest BCUT2D eigenvalue weighted by Gasteiger charge is 2.40. The lowest BCUT2D eigenvalue weighted by Gasteiger charge is -2.39. The van der Waals surface area contributed by atoms with Crippen molar-refractivity contribution >= 4 is 11.9 Å². The van der Waals surface area contributed by atoms with Crippen molar-refractivity contribution in [3.8, 4) is 0 Å². The zero-order chi connectivity index (χ0) is 21.8. The van der Waals surface area contributed by atoms with Gasteiger partial charge in [0, 0.05) is 11.8 Å². The number of hydrogen-bond acceptors (Lipinski definition) is 6. The molecule has 6 heteroatoms. The van der Waals surface area contributed by atoms with Gasteiger partial charge in [-0.3, -0.25) is 9.59 Å². The van der Waals surface area contributed by atoms with Gasteiger partial charge in [-0.2, -0.15) is 0 Å². The molecule has 2 saturated heterocycles. The summed E-state index contributed by atoms with van der Waals surface area (Å²) in [5, 5.41) is 6.74. The number of carbonyl (C=O) groups is 2. The Labute approximate surface area is 182 Å². The van der Waals surface area contributed by atoms with Gasteiger partial charge in [-0.25, -0.2) is 0 Å². The Kier molecular flexibility index (Phi) is 7.83. The van der Waals surface area contributed by atoms with Crippen molar-refractivity contribution in [2.24, 2.45) is 23.7 Å². The molecular formula is C24H42N2O4. The molecule has 3 fully saturated rings. The number of nitrogens with one attached hydrogen (secondary N) is 2. The minimum absolute atomic E-state index is 0.0830. The van der Waals surface area contributed by atoms with Crippen molar-refractivity contribution < 1.29 is 19.1 Å². The van der Waals surface area contributed by atoms with Crippen molar-refractivity contribution in [2.45, 2.75) is 90.3 Å². The Bertz CT molecular complexity index is 532. The highest BCUT2D eigenvalue weighted by atomic mass is 16.6. The first-order valence-corrected chi connectivity index (χ1v) is 12.1. The number of hydrogen-bond donors (Lipinski definition) is 2. The van der Waals surface area contributed by atoms with Crippen molar-refractivity contribution in [2.75, 3.05) is 26.2 Å². The molecule has 2 N–H and O–H groups in total. The van der Waals surface area contributed by atoms with Gasteiger partial charge >= 0.3 is 11.9 Å². The molecule has 3 rings (SSSR count). The van der Waals surface area contributed by atoms with E-state index in [0.717, 1.165) is 51.9 Å². The van der Waals surface area contributed by atoms with Crippen LogP contribution < -0.4 is 10.6 Å². The van der Waals surface area contributed by atoms with Crippen molar-refractivity contribution in [1.82, 2.24) is 10.6 Å². The Balaban J connectivity index is 1.45. The highest BCUT2D eigenvalue weighted by Crippen LogP contribution is 2.36. The zero-order valence-electron chi connectivity index (χ0n) is 19.4. The molecule has 1 aliphatic carbocycles. The lowest BCUT2D eigenvalue weighted by molar-refractivity contribution is -0.174. The topological polar surface area (TPSA) is 76.7 Å². The van der Waals surface area contributed by atoms with E-state index in [0.29, 0.717) is 37.5 Å². The van der Waals surface area contributed by atoms with Gasteiger partial charge < -0.3 is 20.1 Å². The maximum absolute atomic E-state index is 12.8. The number of piperidine rings is 2. The molecule has 30 heavy (non-hydrogen) atoms. The smallest absolute Gasteiger partial charge is 0.309 e. The minimum Gasteiger partial charge on any atom is -0.459 e. The number of carbonyl (C=O) groups excluding carboxylic acids is 2. The molecule has 3 aliphatic rings. The molecule has 1 saturated carbocycles. The predicted molar refractivity (Wildman–Crippen MR) is 117 cm³/mol. The summed E-state index contributed by atoms with van der Waals surface area (Å²) in [6.07, 6.45) is 7.06. The van der Waals surface area contributed by atoms with Gasteiger partial charge in [0.05, 0.1) is 11.8 Å². The van der Waals surface area contributed by atoms with Crippen molar-refractivity contribution in [3.05, 3.63) is 0 Å². The minimum atomic E-state index is -0.423. The second-order valence-corrected chi connectivity index (χ2v) is 10.6. The average Bonchev–Trinajstić information content (AvgIpc) is 2.74. The van der Waals surface area contributed by atoms with Crippen LogP contribution in [0.3, 0.4) is 0 Å². The Hall–Kier alpha value is -1.14. The summed E-state index contributed by atoms with van der Waals surface area (Å²) in [5.74, 6) is 0.471. The fourth-order valence-corrected chi connectivity index (χ4v) is 5.45. The summed E-state index contributed by atoms with van der Waals surface area (Å²) >= 11 is 0. The fourth-order valence-electron chi connectivity index (χ4n) is 5.45. The van der Waals surface area contributed by atoms with E-state index in [2.05, 4.69) is 10.6 Å². The number of rotatable bonds is 6. The molecule has 0 aromatic carbocycles. The third kappa shape index (κ3) is 5.97. The predicted octanol–water partition coefficient (Wildman–Crippen LogP) is 3.44. The molecule has 0 radical (unpaired) electrons. The normalized spacial score (nSPS) is 27.5. The summed E-state index contributed by atoms with van der Waals surface area (Å²) in [4.78, 5) is 25.6. The monoisotopic (exact) mass is 422 g/mol. The highest BCUT2D eigenvalue weighted by molar-refractivity contribution is 5.75. The van der Waals surface area contributed by atoms with Crippen LogP contribution >= 0.6 is 0 Å². The fraction of sp³-hybridized carbons (Fsp3) is 0.917. The molecule has 2 aliphatic heterocycles. The van der Waals surface area contributed by atoms with Crippen molar-refractivity contribution in [1.29, 1.82) is 0 Å². The van der Waals surface area contributed by atoms with Crippen LogP contribution in [0, 0.1) is 23.7 Å². The second-order valence-electron chi connectivity index (χ2n) is 10.6. The van der Waals surface area contributed by atoms with E-state index in [1.54, 1.807) is 0 Å². The standard InChI is InChI=1S/C24H42N2O4/c1-23(2,19-9-13-25-14-10-19)29-21(27)17-5-7-18(8-6-17)22(28)30-24(3,4)20-11-15-26-16-12-20/h17-20,25-26H,5-16H2,1-4H3. The van der Waals surface area contributed by atoms with Gasteiger partial charge in [-0.15, -0.1) is 0 Å². The molecule has 0 aromatic rings. The first-order chi connectivity index (χ1) is 14.2. The van der Waals surface area contributed by atoms with Crippen LogP contribution in [0.25, 0.3) is 0 Å². The van der Waals surface area contributed by atoms with Gasteiger partial charge in [0.2, 0.25) is 0 Å². The van der Waals surface area contributed by atoms with Gasteiger partial charge in [0.25, 0.3) is 0 Å². The van der Waals surface area contributed by atoms with Crippen LogP contribution in [0.4, 0.5) is 0 Å². The SMILES string of the molecule is CC(C)(OC(=O)C1CCC(C(=O)OC(C)(C)C2CCNCC2)CC1)C1CCNCC1. The first kappa shape index (κ1) is 23.5. The van der Waals surface area contributed by atoms with E-state index in [9.17, 15) is 9.59 Å². The number of esters is 2. The summed E-state index contributed by atoms with van der Waals surface area (Å²) in [6.45, 7) is 12.2. The Morgan fingerprint density at radius 2 is 0.900 bits per heavy atom. The maximum Gasteiger partial charge on any atom is 0.309 e. The number of ether oxygens (including phenoxy) is 2. The third-order valence-corrected chi connectivity index (χ3v) is 7.77. The maximum atomic E-state index is 12.8. The summed E-state index contributed by atoms with van der Waals surface area (Å²) in [6, 6.07) is 0. The second kappa shape index (κ2) is 9.99. The first-order valence-electron chi connectivity index (χ1n) is 12.1. The van der Waals surface area contributed by atoms with Crippen LogP contribution in [-0.2, 0) is 19.1 Å². The molecule has 0 atom stereocenters. The van der Waals surface area contributed by atoms with E-state index in [1.165, 1.54) is 0 Å². The molecule has 0 unspecified atom stereocenters. The van der Waals surface area contributed by atoms with Crippen LogP contribution in [0.5, 0.6) is 0 Å². The summed E-state index contributed by atoms with van der Waals surface area (Å²) < 4.78 is 12.0. The van der Waals surface area contributed by atoms with E-state index in [1.807, 2.05) is 27.7 Å². The quantitative estimate of drug-likeness (QED) is 0.639. The van der Waals surface area contributed by atoms with Gasteiger partial charge in [-0.1, -0.05) is 0 Å². The molecule has 0 aromatic heterocycles. The van der Waals surface area contributed by atoms with Crippen LogP contribution in [0.15, 0.2) is 0 Å².